The lowest BCUT2D eigenvalue weighted by Gasteiger charge is -2.16. The number of aromatic nitrogens is 4. The molecule has 0 spiro atoms. The Morgan fingerprint density at radius 2 is 1.84 bits per heavy atom. The summed E-state index contributed by atoms with van der Waals surface area (Å²) in [5, 5.41) is 3.31. The van der Waals surface area contributed by atoms with Gasteiger partial charge in [-0.15, -0.1) is 0 Å². The first-order valence-corrected chi connectivity index (χ1v) is 7.88. The molecule has 1 N–H and O–H groups in total. The van der Waals surface area contributed by atoms with Crippen LogP contribution < -0.4 is 22.1 Å². The maximum Gasteiger partial charge on any atom is 0.332 e. The Morgan fingerprint density at radius 3 is 2.48 bits per heavy atom. The second-order valence-electron chi connectivity index (χ2n) is 5.89. The lowest BCUT2D eigenvalue weighted by molar-refractivity contribution is 0.636. The van der Waals surface area contributed by atoms with Crippen molar-refractivity contribution in [3.8, 4) is 0 Å². The first kappa shape index (κ1) is 16.7. The molecule has 8 heteroatoms. The Bertz CT molecular complexity index is 1150. The number of hydrogen-bond acceptors (Lipinski definition) is 5. The smallest absolute Gasteiger partial charge is 0.332 e. The van der Waals surface area contributed by atoms with Crippen molar-refractivity contribution in [2.45, 2.75) is 20.4 Å². The highest BCUT2D eigenvalue weighted by molar-refractivity contribution is 5.90. The van der Waals surface area contributed by atoms with Crippen LogP contribution in [0.4, 0.5) is 11.5 Å². The van der Waals surface area contributed by atoms with Gasteiger partial charge in [0.2, 0.25) is 0 Å². The molecule has 3 aromatic rings. The van der Waals surface area contributed by atoms with Crippen molar-refractivity contribution < 1.29 is 0 Å². The highest BCUT2D eigenvalue weighted by Gasteiger charge is 2.17. The molecule has 0 unspecified atom stereocenters. The van der Waals surface area contributed by atoms with Crippen LogP contribution in [0.25, 0.3) is 11.0 Å². The normalized spacial score (nSPS) is 11.0. The van der Waals surface area contributed by atoms with Gasteiger partial charge in [0.25, 0.3) is 11.1 Å². The van der Waals surface area contributed by atoms with E-state index in [-0.39, 0.29) is 10.9 Å². The van der Waals surface area contributed by atoms with E-state index in [9.17, 15) is 14.4 Å². The molecule has 8 nitrogen and oxygen atoms in total. The third kappa shape index (κ3) is 2.65. The van der Waals surface area contributed by atoms with Gasteiger partial charge < -0.3 is 5.32 Å². The minimum absolute atomic E-state index is 0.273. The van der Waals surface area contributed by atoms with Gasteiger partial charge in [0.05, 0.1) is 5.69 Å². The summed E-state index contributed by atoms with van der Waals surface area (Å²) in [6.45, 7) is 4.05. The van der Waals surface area contributed by atoms with Crippen molar-refractivity contribution in [3.63, 3.8) is 0 Å². The van der Waals surface area contributed by atoms with Crippen LogP contribution in [-0.2, 0) is 20.6 Å². The summed E-state index contributed by atoms with van der Waals surface area (Å²) in [4.78, 5) is 41.7. The summed E-state index contributed by atoms with van der Waals surface area (Å²) < 4.78 is 3.77. The molecule has 25 heavy (non-hydrogen) atoms. The van der Waals surface area contributed by atoms with Crippen molar-refractivity contribution in [2.24, 2.45) is 14.1 Å². The Balaban J connectivity index is 2.43. The zero-order valence-corrected chi connectivity index (χ0v) is 14.5. The molecule has 0 aromatic carbocycles. The lowest BCUT2D eigenvalue weighted by atomic mass is 10.2. The van der Waals surface area contributed by atoms with E-state index in [1.807, 2.05) is 19.1 Å². The van der Waals surface area contributed by atoms with Crippen molar-refractivity contribution in [2.75, 3.05) is 5.32 Å². The van der Waals surface area contributed by atoms with E-state index >= 15 is 0 Å². The SMILES string of the molecule is CCn1c(=O)n(C)c(=O)c2c(Nc3cc(C)ccn3)cc(=O)n(C)c21. The summed E-state index contributed by atoms with van der Waals surface area (Å²) in [6.07, 6.45) is 1.64. The number of anilines is 2. The van der Waals surface area contributed by atoms with Gasteiger partial charge >= 0.3 is 5.69 Å². The van der Waals surface area contributed by atoms with Crippen LogP contribution in [0, 0.1) is 6.92 Å². The summed E-state index contributed by atoms with van der Waals surface area (Å²) in [7, 11) is 2.97. The zero-order chi connectivity index (χ0) is 18.3. The van der Waals surface area contributed by atoms with Crippen molar-refractivity contribution in [1.82, 2.24) is 18.7 Å². The minimum Gasteiger partial charge on any atom is -0.339 e. The monoisotopic (exact) mass is 341 g/mol. The number of hydrogen-bond donors (Lipinski definition) is 1. The molecule has 0 aliphatic rings. The Morgan fingerprint density at radius 1 is 1.12 bits per heavy atom. The molecule has 0 saturated carbocycles. The van der Waals surface area contributed by atoms with Crippen LogP contribution >= 0.6 is 0 Å². The minimum atomic E-state index is -0.463. The maximum absolute atomic E-state index is 12.7. The third-order valence-corrected chi connectivity index (χ3v) is 4.20. The van der Waals surface area contributed by atoms with E-state index in [2.05, 4.69) is 10.3 Å². The Hall–Kier alpha value is -3.16. The first-order valence-electron chi connectivity index (χ1n) is 7.88. The quantitative estimate of drug-likeness (QED) is 0.763. The van der Waals surface area contributed by atoms with Crippen molar-refractivity contribution in [1.29, 1.82) is 0 Å². The molecule has 0 amide bonds. The number of pyridine rings is 2. The van der Waals surface area contributed by atoms with E-state index in [1.54, 1.807) is 20.2 Å². The van der Waals surface area contributed by atoms with Gasteiger partial charge in [-0.2, -0.15) is 0 Å². The molecular weight excluding hydrogens is 322 g/mol. The van der Waals surface area contributed by atoms with Gasteiger partial charge in [-0.25, -0.2) is 9.78 Å². The molecule has 0 bridgehead atoms. The summed E-state index contributed by atoms with van der Waals surface area (Å²) in [6, 6.07) is 5.00. The topological polar surface area (TPSA) is 90.9 Å². The number of fused-ring (bicyclic) bond motifs is 1. The average molecular weight is 341 g/mol. The van der Waals surface area contributed by atoms with E-state index < -0.39 is 11.2 Å². The van der Waals surface area contributed by atoms with Gasteiger partial charge in [0.15, 0.2) is 0 Å². The highest BCUT2D eigenvalue weighted by Crippen LogP contribution is 2.20. The average Bonchev–Trinajstić information content (AvgIpc) is 2.57. The predicted octanol–water partition coefficient (Wildman–Crippen LogP) is 0.866. The lowest BCUT2D eigenvalue weighted by Crippen LogP contribution is -2.40. The van der Waals surface area contributed by atoms with E-state index in [0.717, 1.165) is 10.1 Å². The van der Waals surface area contributed by atoms with E-state index in [1.165, 1.54) is 22.2 Å². The molecule has 0 fully saturated rings. The van der Waals surface area contributed by atoms with E-state index in [4.69, 9.17) is 0 Å². The molecular formula is C17H19N5O3. The standard InChI is InChI=1S/C17H19N5O3/c1-5-22-15-14(16(24)21(4)17(22)25)11(9-13(23)20(15)3)19-12-8-10(2)6-7-18-12/h6-9H,5H2,1-4H3,(H,18,19). The van der Waals surface area contributed by atoms with Crippen molar-refractivity contribution in [3.05, 3.63) is 61.2 Å². The van der Waals surface area contributed by atoms with Crippen LogP contribution in [0.1, 0.15) is 12.5 Å². The fraction of sp³-hybridized carbons (Fsp3) is 0.294. The fourth-order valence-electron chi connectivity index (χ4n) is 2.86. The summed E-state index contributed by atoms with van der Waals surface area (Å²) >= 11 is 0. The Labute approximate surface area is 143 Å². The second kappa shape index (κ2) is 6.04. The second-order valence-corrected chi connectivity index (χ2v) is 5.89. The fourth-order valence-corrected chi connectivity index (χ4v) is 2.86. The van der Waals surface area contributed by atoms with Crippen LogP contribution in [0.5, 0.6) is 0 Å². The molecule has 3 heterocycles. The largest absolute Gasteiger partial charge is 0.339 e. The van der Waals surface area contributed by atoms with Crippen molar-refractivity contribution >= 4 is 22.5 Å². The third-order valence-electron chi connectivity index (χ3n) is 4.20. The highest BCUT2D eigenvalue weighted by atomic mass is 16.2. The first-order chi connectivity index (χ1) is 11.8. The molecule has 0 aliphatic carbocycles. The molecule has 0 saturated heterocycles. The number of nitrogens with zero attached hydrogens (tertiary/aromatic N) is 4. The Kier molecular flexibility index (Phi) is 4.03. The predicted molar refractivity (Wildman–Crippen MR) is 96.6 cm³/mol. The molecule has 130 valence electrons. The van der Waals surface area contributed by atoms with Gasteiger partial charge in [-0.05, 0) is 31.5 Å². The molecule has 0 atom stereocenters. The number of aryl methyl sites for hydroxylation is 3. The summed E-state index contributed by atoms with van der Waals surface area (Å²) in [5.74, 6) is 0.519. The number of nitrogens with one attached hydrogen (secondary N) is 1. The van der Waals surface area contributed by atoms with Crippen LogP contribution in [-0.4, -0.2) is 18.7 Å². The van der Waals surface area contributed by atoms with Crippen LogP contribution in [0.2, 0.25) is 0 Å². The van der Waals surface area contributed by atoms with Gasteiger partial charge in [0.1, 0.15) is 16.9 Å². The van der Waals surface area contributed by atoms with E-state index in [0.29, 0.717) is 23.7 Å². The number of rotatable bonds is 3. The summed E-state index contributed by atoms with van der Waals surface area (Å²) in [5.41, 5.74) is 0.370. The van der Waals surface area contributed by atoms with Crippen LogP contribution in [0.15, 0.2) is 38.8 Å². The van der Waals surface area contributed by atoms with Crippen LogP contribution in [0.3, 0.4) is 0 Å². The van der Waals surface area contributed by atoms with Gasteiger partial charge in [0, 0.05) is 32.9 Å². The van der Waals surface area contributed by atoms with Gasteiger partial charge in [-0.1, -0.05) is 0 Å². The molecule has 3 aromatic heterocycles. The molecule has 0 radical (unpaired) electrons. The zero-order valence-electron chi connectivity index (χ0n) is 14.5. The van der Waals surface area contributed by atoms with Gasteiger partial charge in [-0.3, -0.25) is 23.3 Å². The maximum atomic E-state index is 12.7. The molecule has 0 aliphatic heterocycles. The molecule has 3 rings (SSSR count).